The highest BCUT2D eigenvalue weighted by Gasteiger charge is 2.28. The Morgan fingerprint density at radius 1 is 0.778 bits per heavy atom. The summed E-state index contributed by atoms with van der Waals surface area (Å²) in [4.78, 5) is 34.2. The van der Waals surface area contributed by atoms with Gasteiger partial charge in [0.25, 0.3) is 16.4 Å². The lowest BCUT2D eigenvalue weighted by atomic mass is 10.1. The van der Waals surface area contributed by atoms with E-state index in [9.17, 15) is 14.4 Å². The van der Waals surface area contributed by atoms with E-state index in [0.29, 0.717) is 10.7 Å². The lowest BCUT2D eigenvalue weighted by Gasteiger charge is -2.13. The van der Waals surface area contributed by atoms with Gasteiger partial charge < -0.3 is 5.73 Å². The van der Waals surface area contributed by atoms with Gasteiger partial charge in [-0.2, -0.15) is 0 Å². The Bertz CT molecular complexity index is 487. The number of carbonyl (C=O) groups is 3. The van der Waals surface area contributed by atoms with E-state index in [1.807, 2.05) is 0 Å². The van der Waals surface area contributed by atoms with Crippen LogP contribution >= 0.6 is 91.0 Å². The summed E-state index contributed by atoms with van der Waals surface area (Å²) in [5, 5.41) is -1.55. The fraction of sp³-hybridized carbons (Fsp3) is 0. The first-order valence-corrected chi connectivity index (χ1v) is 8.09. The molecular formula is C9H2Cl2I3NO3. The third kappa shape index (κ3) is 3.10. The van der Waals surface area contributed by atoms with Crippen molar-refractivity contribution < 1.29 is 14.4 Å². The zero-order valence-corrected chi connectivity index (χ0v) is 16.2. The molecule has 9 heteroatoms. The quantitative estimate of drug-likeness (QED) is 0.415. The second-order valence-electron chi connectivity index (χ2n) is 2.98. The fourth-order valence-corrected chi connectivity index (χ4v) is 6.92. The Hall–Kier alpha value is 0.800. The average Bonchev–Trinajstić information content (AvgIpc) is 2.14. The van der Waals surface area contributed by atoms with Crippen LogP contribution in [0.4, 0.5) is 0 Å². The average molecular weight is 624 g/mol. The molecule has 0 unspecified atom stereocenters. The number of hydrogen-bond donors (Lipinski definition) is 1. The van der Waals surface area contributed by atoms with Crippen LogP contribution in [0.5, 0.6) is 0 Å². The molecule has 0 aliphatic rings. The van der Waals surface area contributed by atoms with Crippen LogP contribution in [0.1, 0.15) is 31.1 Å². The Morgan fingerprint density at radius 2 is 1.06 bits per heavy atom. The van der Waals surface area contributed by atoms with Gasteiger partial charge in [0, 0.05) is 10.7 Å². The summed E-state index contributed by atoms with van der Waals surface area (Å²) in [6.45, 7) is 0. The Kier molecular flexibility index (Phi) is 6.09. The molecule has 0 bridgehead atoms. The molecule has 1 rings (SSSR count). The first-order chi connectivity index (χ1) is 8.20. The number of nitrogens with two attached hydrogens (primary N) is 1. The summed E-state index contributed by atoms with van der Waals surface area (Å²) < 4.78 is 0.942. The van der Waals surface area contributed by atoms with E-state index in [0.717, 1.165) is 0 Å². The normalized spacial score (nSPS) is 10.3. The molecule has 1 aromatic carbocycles. The van der Waals surface area contributed by atoms with Gasteiger partial charge in [0.2, 0.25) is 0 Å². The van der Waals surface area contributed by atoms with E-state index in [1.165, 1.54) is 0 Å². The predicted molar refractivity (Wildman–Crippen MR) is 93.5 cm³/mol. The van der Waals surface area contributed by atoms with E-state index >= 15 is 0 Å². The summed E-state index contributed by atoms with van der Waals surface area (Å²) in [6.07, 6.45) is 0. The van der Waals surface area contributed by atoms with Crippen molar-refractivity contribution in [3.05, 3.63) is 27.4 Å². The van der Waals surface area contributed by atoms with Crippen molar-refractivity contribution in [3.63, 3.8) is 0 Å². The zero-order chi connectivity index (χ0) is 14.2. The van der Waals surface area contributed by atoms with Crippen molar-refractivity contribution in [2.45, 2.75) is 0 Å². The lowest BCUT2D eigenvalue weighted by molar-refractivity contribution is 0.0998. The van der Waals surface area contributed by atoms with Gasteiger partial charge in [0.05, 0.1) is 16.7 Å². The van der Waals surface area contributed by atoms with Crippen LogP contribution in [-0.2, 0) is 0 Å². The molecular weight excluding hydrogens is 622 g/mol. The topological polar surface area (TPSA) is 77.2 Å². The van der Waals surface area contributed by atoms with Crippen molar-refractivity contribution in [2.75, 3.05) is 0 Å². The van der Waals surface area contributed by atoms with E-state index in [-0.39, 0.29) is 16.7 Å². The van der Waals surface area contributed by atoms with Crippen LogP contribution < -0.4 is 5.73 Å². The summed E-state index contributed by atoms with van der Waals surface area (Å²) in [7, 11) is 0. The maximum atomic E-state index is 11.4. The number of halogens is 5. The summed E-state index contributed by atoms with van der Waals surface area (Å²) in [5.41, 5.74) is 5.45. The summed E-state index contributed by atoms with van der Waals surface area (Å²) in [6, 6.07) is 0. The number of carbonyl (C=O) groups excluding carboxylic acids is 3. The lowest BCUT2D eigenvalue weighted by Crippen LogP contribution is -2.20. The van der Waals surface area contributed by atoms with Crippen LogP contribution in [0.3, 0.4) is 0 Å². The smallest absolute Gasteiger partial charge is 0.254 e. The molecule has 0 aliphatic carbocycles. The van der Waals surface area contributed by atoms with Gasteiger partial charge in [-0.25, -0.2) is 0 Å². The third-order valence-electron chi connectivity index (χ3n) is 1.96. The van der Waals surface area contributed by atoms with Crippen molar-refractivity contribution in [2.24, 2.45) is 5.73 Å². The molecule has 4 nitrogen and oxygen atoms in total. The minimum absolute atomic E-state index is 0.0658. The number of amides is 1. The van der Waals surface area contributed by atoms with E-state index < -0.39 is 16.4 Å². The van der Waals surface area contributed by atoms with E-state index in [2.05, 4.69) is 0 Å². The van der Waals surface area contributed by atoms with Crippen LogP contribution in [0.2, 0.25) is 0 Å². The van der Waals surface area contributed by atoms with Crippen molar-refractivity contribution in [3.8, 4) is 0 Å². The monoisotopic (exact) mass is 623 g/mol. The highest BCUT2D eigenvalue weighted by molar-refractivity contribution is 14.1. The molecule has 96 valence electrons. The van der Waals surface area contributed by atoms with Crippen LogP contribution in [-0.4, -0.2) is 16.4 Å². The summed E-state index contributed by atoms with van der Waals surface area (Å²) >= 11 is 16.3. The molecule has 0 saturated heterocycles. The van der Waals surface area contributed by atoms with Gasteiger partial charge in [0.1, 0.15) is 0 Å². The van der Waals surface area contributed by atoms with Gasteiger partial charge in [-0.05, 0) is 91.0 Å². The largest absolute Gasteiger partial charge is 0.366 e. The highest BCUT2D eigenvalue weighted by Crippen LogP contribution is 2.33. The zero-order valence-electron chi connectivity index (χ0n) is 8.19. The number of benzene rings is 1. The molecule has 1 aromatic rings. The Balaban J connectivity index is 3.94. The number of primary amides is 1. The second kappa shape index (κ2) is 6.50. The first kappa shape index (κ1) is 16.9. The maximum absolute atomic E-state index is 11.4. The van der Waals surface area contributed by atoms with Gasteiger partial charge in [-0.3, -0.25) is 14.4 Å². The SMILES string of the molecule is NC(=O)c1c(I)c(C(=O)Cl)c(I)c(C(=O)Cl)c1I. The maximum Gasteiger partial charge on any atom is 0.254 e. The van der Waals surface area contributed by atoms with Crippen molar-refractivity contribution in [1.29, 1.82) is 0 Å². The van der Waals surface area contributed by atoms with E-state index in [4.69, 9.17) is 28.9 Å². The molecule has 0 atom stereocenters. The molecule has 0 radical (unpaired) electrons. The Labute approximate surface area is 153 Å². The predicted octanol–water partition coefficient (Wildman–Crippen LogP) is 3.36. The van der Waals surface area contributed by atoms with Crippen LogP contribution in [0.15, 0.2) is 0 Å². The molecule has 0 saturated carbocycles. The molecule has 1 amide bonds. The van der Waals surface area contributed by atoms with Crippen LogP contribution in [0, 0.1) is 10.7 Å². The third-order valence-corrected chi connectivity index (χ3v) is 5.57. The molecule has 2 N–H and O–H groups in total. The van der Waals surface area contributed by atoms with Crippen molar-refractivity contribution >= 4 is 107 Å². The second-order valence-corrected chi connectivity index (χ2v) is 6.90. The minimum atomic E-state index is -0.776. The Morgan fingerprint density at radius 3 is 1.28 bits per heavy atom. The molecule has 0 fully saturated rings. The van der Waals surface area contributed by atoms with Gasteiger partial charge >= 0.3 is 0 Å². The molecule has 0 aromatic heterocycles. The van der Waals surface area contributed by atoms with E-state index in [1.54, 1.807) is 67.8 Å². The number of rotatable bonds is 3. The van der Waals surface area contributed by atoms with Crippen LogP contribution in [0.25, 0.3) is 0 Å². The first-order valence-electron chi connectivity index (χ1n) is 4.10. The highest BCUT2D eigenvalue weighted by atomic mass is 127. The summed E-state index contributed by atoms with van der Waals surface area (Å²) in [5.74, 6) is -0.751. The van der Waals surface area contributed by atoms with Crippen molar-refractivity contribution in [1.82, 2.24) is 0 Å². The molecule has 0 aliphatic heterocycles. The number of hydrogen-bond acceptors (Lipinski definition) is 3. The molecule has 0 heterocycles. The minimum Gasteiger partial charge on any atom is -0.366 e. The van der Waals surface area contributed by atoms with Gasteiger partial charge in [-0.1, -0.05) is 0 Å². The molecule has 0 spiro atoms. The van der Waals surface area contributed by atoms with Gasteiger partial charge in [-0.15, -0.1) is 0 Å². The molecule has 18 heavy (non-hydrogen) atoms. The van der Waals surface area contributed by atoms with Gasteiger partial charge in [0.15, 0.2) is 0 Å². The standard InChI is InChI=1S/C9H2Cl2I3NO3/c10-7(16)1-4(12)2(8(11)17)6(14)3(5(1)13)9(15)18/h(H2,15,18). The fourth-order valence-electron chi connectivity index (χ4n) is 1.23.